The van der Waals surface area contributed by atoms with Crippen molar-refractivity contribution in [2.45, 2.75) is 39.3 Å². The second kappa shape index (κ2) is 7.79. The van der Waals surface area contributed by atoms with Crippen LogP contribution in [0.15, 0.2) is 30.3 Å². The first-order chi connectivity index (χ1) is 8.97. The first-order valence-corrected chi connectivity index (χ1v) is 6.69. The summed E-state index contributed by atoms with van der Waals surface area (Å²) in [4.78, 5) is 11.4. The molecule has 0 aliphatic carbocycles. The van der Waals surface area contributed by atoms with E-state index in [0.29, 0.717) is 6.54 Å². The van der Waals surface area contributed by atoms with Crippen molar-refractivity contribution in [3.8, 4) is 0 Å². The van der Waals surface area contributed by atoms with E-state index in [4.69, 9.17) is 4.74 Å². The minimum atomic E-state index is -0.435. The van der Waals surface area contributed by atoms with Gasteiger partial charge in [0.25, 0.3) is 0 Å². The molecule has 0 atom stereocenters. The lowest BCUT2D eigenvalue weighted by atomic mass is 10.2. The number of rotatable bonds is 6. The van der Waals surface area contributed by atoms with Crippen LogP contribution >= 0.6 is 0 Å². The second-order valence-corrected chi connectivity index (χ2v) is 5.44. The predicted molar refractivity (Wildman–Crippen MR) is 77.0 cm³/mol. The van der Waals surface area contributed by atoms with Crippen LogP contribution in [-0.4, -0.2) is 24.8 Å². The fraction of sp³-hybridized carbons (Fsp3) is 0.533. The highest BCUT2D eigenvalue weighted by Gasteiger charge is 2.15. The fourth-order valence-electron chi connectivity index (χ4n) is 1.55. The normalized spacial score (nSPS) is 11.1. The number of alkyl carbamates (subject to hydrolysis) is 1. The Bertz CT molecular complexity index is 371. The van der Waals surface area contributed by atoms with Crippen molar-refractivity contribution in [2.75, 3.05) is 13.1 Å². The molecule has 4 nitrogen and oxygen atoms in total. The minimum Gasteiger partial charge on any atom is -0.444 e. The van der Waals surface area contributed by atoms with E-state index in [1.54, 1.807) is 0 Å². The van der Waals surface area contributed by atoms with E-state index in [9.17, 15) is 4.79 Å². The zero-order valence-electron chi connectivity index (χ0n) is 12.0. The van der Waals surface area contributed by atoms with Crippen molar-refractivity contribution in [3.63, 3.8) is 0 Å². The van der Waals surface area contributed by atoms with Crippen LogP contribution in [0.3, 0.4) is 0 Å². The highest BCUT2D eigenvalue weighted by atomic mass is 16.6. The van der Waals surface area contributed by atoms with E-state index in [-0.39, 0.29) is 6.09 Å². The first kappa shape index (κ1) is 15.5. The molecule has 1 aromatic carbocycles. The quantitative estimate of drug-likeness (QED) is 0.777. The van der Waals surface area contributed by atoms with Crippen molar-refractivity contribution in [1.29, 1.82) is 0 Å². The smallest absolute Gasteiger partial charge is 0.407 e. The van der Waals surface area contributed by atoms with Gasteiger partial charge >= 0.3 is 6.09 Å². The Hall–Kier alpha value is -1.55. The molecule has 0 radical (unpaired) electrons. The summed E-state index contributed by atoms with van der Waals surface area (Å²) in [6.45, 7) is 7.91. The van der Waals surface area contributed by atoms with Gasteiger partial charge in [0.05, 0.1) is 0 Å². The highest BCUT2D eigenvalue weighted by Crippen LogP contribution is 2.06. The van der Waals surface area contributed by atoms with Gasteiger partial charge in [-0.25, -0.2) is 4.79 Å². The van der Waals surface area contributed by atoms with Crippen LogP contribution < -0.4 is 10.6 Å². The molecule has 0 saturated carbocycles. The zero-order valence-corrected chi connectivity index (χ0v) is 12.0. The Morgan fingerprint density at radius 1 is 1.16 bits per heavy atom. The number of benzene rings is 1. The maximum atomic E-state index is 11.4. The van der Waals surface area contributed by atoms with Crippen molar-refractivity contribution < 1.29 is 9.53 Å². The molecule has 0 aliphatic heterocycles. The summed E-state index contributed by atoms with van der Waals surface area (Å²) in [7, 11) is 0. The van der Waals surface area contributed by atoms with Crippen molar-refractivity contribution >= 4 is 6.09 Å². The molecule has 2 N–H and O–H groups in total. The third-order valence-corrected chi connectivity index (χ3v) is 2.37. The fourth-order valence-corrected chi connectivity index (χ4v) is 1.55. The van der Waals surface area contributed by atoms with Gasteiger partial charge in [-0.05, 0) is 39.3 Å². The Kier molecular flexibility index (Phi) is 6.36. The second-order valence-electron chi connectivity index (χ2n) is 5.44. The Morgan fingerprint density at radius 3 is 2.47 bits per heavy atom. The lowest BCUT2D eigenvalue weighted by Gasteiger charge is -2.19. The van der Waals surface area contributed by atoms with Crippen molar-refractivity contribution in [3.05, 3.63) is 35.9 Å². The van der Waals surface area contributed by atoms with Crippen LogP contribution in [0.25, 0.3) is 0 Å². The molecule has 0 unspecified atom stereocenters. The number of amides is 1. The average Bonchev–Trinajstić information content (AvgIpc) is 2.32. The van der Waals surface area contributed by atoms with Gasteiger partial charge in [-0.3, -0.25) is 0 Å². The number of hydrogen-bond donors (Lipinski definition) is 2. The van der Waals surface area contributed by atoms with Gasteiger partial charge in [-0.2, -0.15) is 0 Å². The minimum absolute atomic E-state index is 0.351. The first-order valence-electron chi connectivity index (χ1n) is 6.69. The number of carbonyl (C=O) groups is 1. The van der Waals surface area contributed by atoms with Gasteiger partial charge in [0.2, 0.25) is 0 Å². The van der Waals surface area contributed by atoms with E-state index in [1.807, 2.05) is 39.0 Å². The molecule has 1 aromatic rings. The summed E-state index contributed by atoms with van der Waals surface area (Å²) in [5.41, 5.74) is 0.831. The number of carbonyl (C=O) groups excluding carboxylic acids is 1. The van der Waals surface area contributed by atoms with Crippen LogP contribution in [0.2, 0.25) is 0 Å². The highest BCUT2D eigenvalue weighted by molar-refractivity contribution is 5.67. The molecule has 0 fully saturated rings. The molecule has 0 heterocycles. The van der Waals surface area contributed by atoms with E-state index in [1.165, 1.54) is 5.56 Å². The maximum Gasteiger partial charge on any atom is 0.407 e. The molecule has 0 aromatic heterocycles. The summed E-state index contributed by atoms with van der Waals surface area (Å²) in [5, 5.41) is 6.07. The maximum absolute atomic E-state index is 11.4. The summed E-state index contributed by atoms with van der Waals surface area (Å²) in [6, 6.07) is 10.2. The summed E-state index contributed by atoms with van der Waals surface area (Å²) < 4.78 is 5.14. The van der Waals surface area contributed by atoms with Crippen LogP contribution in [0.5, 0.6) is 0 Å². The van der Waals surface area contributed by atoms with Crippen LogP contribution in [0.4, 0.5) is 4.79 Å². The molecule has 0 aliphatic rings. The van der Waals surface area contributed by atoms with Crippen LogP contribution in [0, 0.1) is 0 Å². The van der Waals surface area contributed by atoms with E-state index in [0.717, 1.165) is 19.5 Å². The summed E-state index contributed by atoms with van der Waals surface area (Å²) in [5.74, 6) is 0. The molecule has 0 saturated heterocycles. The van der Waals surface area contributed by atoms with E-state index < -0.39 is 5.60 Å². The van der Waals surface area contributed by atoms with Crippen LogP contribution in [-0.2, 0) is 11.3 Å². The SMILES string of the molecule is CC(C)(C)OC(=O)NCCCNCc1ccccc1. The zero-order chi connectivity index (χ0) is 14.1. The molecular formula is C15H24N2O2. The van der Waals surface area contributed by atoms with E-state index in [2.05, 4.69) is 22.8 Å². The third-order valence-electron chi connectivity index (χ3n) is 2.37. The molecule has 4 heteroatoms. The lowest BCUT2D eigenvalue weighted by molar-refractivity contribution is 0.0527. The average molecular weight is 264 g/mol. The molecule has 1 rings (SSSR count). The standard InChI is InChI=1S/C15H24N2O2/c1-15(2,3)19-14(18)17-11-7-10-16-12-13-8-5-4-6-9-13/h4-6,8-9,16H,7,10-12H2,1-3H3,(H,17,18). The van der Waals surface area contributed by atoms with E-state index >= 15 is 0 Å². The molecule has 0 spiro atoms. The topological polar surface area (TPSA) is 50.4 Å². The molecule has 106 valence electrons. The largest absolute Gasteiger partial charge is 0.444 e. The number of ether oxygens (including phenoxy) is 1. The summed E-state index contributed by atoms with van der Waals surface area (Å²) >= 11 is 0. The van der Waals surface area contributed by atoms with Crippen molar-refractivity contribution in [1.82, 2.24) is 10.6 Å². The van der Waals surface area contributed by atoms with Gasteiger partial charge in [0.1, 0.15) is 5.60 Å². The Labute approximate surface area is 115 Å². The number of nitrogens with one attached hydrogen (secondary N) is 2. The number of hydrogen-bond acceptors (Lipinski definition) is 3. The molecular weight excluding hydrogens is 240 g/mol. The van der Waals surface area contributed by atoms with Crippen LogP contribution in [0.1, 0.15) is 32.8 Å². The Balaban J connectivity index is 2.01. The van der Waals surface area contributed by atoms with Gasteiger partial charge in [-0.1, -0.05) is 30.3 Å². The molecule has 1 amide bonds. The summed E-state index contributed by atoms with van der Waals surface area (Å²) in [6.07, 6.45) is 0.530. The molecule has 0 bridgehead atoms. The van der Waals surface area contributed by atoms with Gasteiger partial charge < -0.3 is 15.4 Å². The predicted octanol–water partition coefficient (Wildman–Crippen LogP) is 2.69. The molecule has 19 heavy (non-hydrogen) atoms. The van der Waals surface area contributed by atoms with Gasteiger partial charge in [0, 0.05) is 13.1 Å². The monoisotopic (exact) mass is 264 g/mol. The van der Waals surface area contributed by atoms with Crippen molar-refractivity contribution in [2.24, 2.45) is 0 Å². The Morgan fingerprint density at radius 2 is 1.84 bits per heavy atom. The van der Waals surface area contributed by atoms with Gasteiger partial charge in [-0.15, -0.1) is 0 Å². The third kappa shape index (κ3) is 8.21. The van der Waals surface area contributed by atoms with Gasteiger partial charge in [0.15, 0.2) is 0 Å². The lowest BCUT2D eigenvalue weighted by Crippen LogP contribution is -2.33.